The molecule has 3 rings (SSSR count). The van der Waals surface area contributed by atoms with E-state index in [1.54, 1.807) is 6.07 Å². The fourth-order valence-corrected chi connectivity index (χ4v) is 6.08. The Hall–Kier alpha value is -2.38. The van der Waals surface area contributed by atoms with Gasteiger partial charge in [-0.05, 0) is 55.2 Å². The van der Waals surface area contributed by atoms with Gasteiger partial charge in [0.05, 0.1) is 11.4 Å². The molecule has 0 aliphatic heterocycles. The molecule has 8 heteroatoms. The van der Waals surface area contributed by atoms with Crippen LogP contribution < -0.4 is 10.6 Å². The number of nitrogens with one attached hydrogen (secondary N) is 2. The number of hydrogen-bond acceptors (Lipinski definition) is 4. The van der Waals surface area contributed by atoms with Crippen molar-refractivity contribution in [2.24, 2.45) is 0 Å². The lowest BCUT2D eigenvalue weighted by atomic mass is 10.1. The van der Waals surface area contributed by atoms with Crippen LogP contribution in [0.2, 0.25) is 5.02 Å². The second-order valence-corrected chi connectivity index (χ2v) is 10.1. The molecule has 0 saturated heterocycles. The van der Waals surface area contributed by atoms with Crippen LogP contribution in [0, 0.1) is 0 Å². The largest absolute Gasteiger partial charge is 0.346 e. The number of rotatable bonds is 7. The summed E-state index contributed by atoms with van der Waals surface area (Å²) >= 11 is 5.87. The molecule has 1 aliphatic carbocycles. The van der Waals surface area contributed by atoms with Gasteiger partial charge in [-0.1, -0.05) is 49.6 Å². The number of carbonyl (C=O) groups is 2. The van der Waals surface area contributed by atoms with Gasteiger partial charge in [-0.3, -0.25) is 9.59 Å². The molecule has 2 aromatic rings. The van der Waals surface area contributed by atoms with E-state index in [0.717, 1.165) is 12.0 Å². The van der Waals surface area contributed by atoms with E-state index >= 15 is 0 Å². The number of carbonyl (C=O) groups excluding carboxylic acids is 2. The first-order valence-corrected chi connectivity index (χ1v) is 11.8. The van der Waals surface area contributed by atoms with E-state index in [1.807, 2.05) is 25.1 Å². The van der Waals surface area contributed by atoms with Crippen molar-refractivity contribution in [3.05, 3.63) is 59.1 Å². The molecule has 1 saturated carbocycles. The Morgan fingerprint density at radius 3 is 2.30 bits per heavy atom. The summed E-state index contributed by atoms with van der Waals surface area (Å²) in [6, 6.07) is 13.2. The molecule has 0 radical (unpaired) electrons. The average Bonchev–Trinajstić information content (AvgIpc) is 3.25. The first-order chi connectivity index (χ1) is 14.3. The minimum absolute atomic E-state index is 0.0604. The standard InChI is InChI=1S/C22H25ClN2O4S/c1-2-16-7-3-4-8-19(16)25-20(26)15-24-21(27)22(13-5-6-14-22)30(28,29)18-11-9-17(23)10-12-18/h3-4,7-12H,2,5-6,13-15H2,1H3,(H,24,27)(H,25,26). The highest BCUT2D eigenvalue weighted by Crippen LogP contribution is 2.41. The highest BCUT2D eigenvalue weighted by atomic mass is 35.5. The van der Waals surface area contributed by atoms with Crippen molar-refractivity contribution < 1.29 is 18.0 Å². The van der Waals surface area contributed by atoms with Crippen LogP contribution in [0.15, 0.2) is 53.4 Å². The number of benzene rings is 2. The molecule has 0 atom stereocenters. The molecule has 0 bridgehead atoms. The Morgan fingerprint density at radius 1 is 1.03 bits per heavy atom. The molecule has 2 amide bonds. The van der Waals surface area contributed by atoms with Crippen molar-refractivity contribution in [1.29, 1.82) is 0 Å². The summed E-state index contributed by atoms with van der Waals surface area (Å²) in [5.74, 6) is -1.03. The second kappa shape index (κ2) is 9.18. The summed E-state index contributed by atoms with van der Waals surface area (Å²) in [6.45, 7) is 1.69. The predicted molar refractivity (Wildman–Crippen MR) is 117 cm³/mol. The summed E-state index contributed by atoms with van der Waals surface area (Å²) in [5, 5.41) is 5.75. The van der Waals surface area contributed by atoms with Crippen LogP contribution in [0.3, 0.4) is 0 Å². The van der Waals surface area contributed by atoms with Gasteiger partial charge in [-0.25, -0.2) is 8.42 Å². The van der Waals surface area contributed by atoms with Crippen molar-refractivity contribution in [3.8, 4) is 0 Å². The van der Waals surface area contributed by atoms with Gasteiger partial charge >= 0.3 is 0 Å². The summed E-state index contributed by atoms with van der Waals surface area (Å²) in [5.41, 5.74) is 1.67. The summed E-state index contributed by atoms with van der Waals surface area (Å²) < 4.78 is 25.1. The lowest BCUT2D eigenvalue weighted by molar-refractivity contribution is -0.126. The number of halogens is 1. The maximum Gasteiger partial charge on any atom is 0.243 e. The Labute approximate surface area is 181 Å². The van der Waals surface area contributed by atoms with E-state index < -0.39 is 26.4 Å². The molecular weight excluding hydrogens is 424 g/mol. The Morgan fingerprint density at radius 2 is 1.67 bits per heavy atom. The van der Waals surface area contributed by atoms with Crippen LogP contribution in [0.4, 0.5) is 5.69 Å². The molecule has 30 heavy (non-hydrogen) atoms. The fourth-order valence-electron chi connectivity index (χ4n) is 3.87. The minimum Gasteiger partial charge on any atom is -0.346 e. The van der Waals surface area contributed by atoms with Gasteiger partial charge in [-0.2, -0.15) is 0 Å². The zero-order valence-corrected chi connectivity index (χ0v) is 18.4. The molecule has 6 nitrogen and oxygen atoms in total. The van der Waals surface area contributed by atoms with Gasteiger partial charge in [0, 0.05) is 10.7 Å². The Balaban J connectivity index is 1.74. The lowest BCUT2D eigenvalue weighted by Gasteiger charge is -2.27. The number of hydrogen-bond donors (Lipinski definition) is 2. The van der Waals surface area contributed by atoms with Crippen LogP contribution in [-0.4, -0.2) is 31.5 Å². The van der Waals surface area contributed by atoms with Gasteiger partial charge in [0.15, 0.2) is 14.6 Å². The number of para-hydroxylation sites is 1. The summed E-state index contributed by atoms with van der Waals surface area (Å²) in [7, 11) is -3.94. The van der Waals surface area contributed by atoms with Gasteiger partial charge in [0.2, 0.25) is 11.8 Å². The minimum atomic E-state index is -3.94. The van der Waals surface area contributed by atoms with Crippen molar-refractivity contribution in [2.75, 3.05) is 11.9 Å². The summed E-state index contributed by atoms with van der Waals surface area (Å²) in [6.07, 6.45) is 2.48. The molecule has 0 unspecified atom stereocenters. The molecule has 1 fully saturated rings. The number of anilines is 1. The lowest BCUT2D eigenvalue weighted by Crippen LogP contribution is -2.52. The van der Waals surface area contributed by atoms with E-state index in [4.69, 9.17) is 11.6 Å². The van der Waals surface area contributed by atoms with E-state index in [-0.39, 0.29) is 24.3 Å². The van der Waals surface area contributed by atoms with Crippen LogP contribution in [0.25, 0.3) is 0 Å². The van der Waals surface area contributed by atoms with E-state index in [1.165, 1.54) is 24.3 Å². The van der Waals surface area contributed by atoms with Crippen LogP contribution in [-0.2, 0) is 25.8 Å². The average molecular weight is 449 g/mol. The maximum absolute atomic E-state index is 13.3. The zero-order chi connectivity index (χ0) is 21.8. The first-order valence-electron chi connectivity index (χ1n) is 9.96. The summed E-state index contributed by atoms with van der Waals surface area (Å²) in [4.78, 5) is 25.5. The van der Waals surface area contributed by atoms with E-state index in [2.05, 4.69) is 10.6 Å². The Bertz CT molecular complexity index is 1030. The van der Waals surface area contributed by atoms with Gasteiger partial charge in [0.25, 0.3) is 0 Å². The van der Waals surface area contributed by atoms with E-state index in [0.29, 0.717) is 23.6 Å². The van der Waals surface area contributed by atoms with Gasteiger partial charge in [-0.15, -0.1) is 0 Å². The molecule has 0 heterocycles. The third-order valence-corrected chi connectivity index (χ3v) is 8.31. The molecule has 1 aliphatic rings. The van der Waals surface area contributed by atoms with Gasteiger partial charge in [0.1, 0.15) is 0 Å². The van der Waals surface area contributed by atoms with Crippen molar-refractivity contribution in [2.45, 2.75) is 48.7 Å². The predicted octanol–water partition coefficient (Wildman–Crippen LogP) is 3.74. The van der Waals surface area contributed by atoms with Crippen LogP contribution in [0.5, 0.6) is 0 Å². The number of aryl methyl sites for hydroxylation is 1. The number of amides is 2. The Kier molecular flexibility index (Phi) is 6.83. The quantitative estimate of drug-likeness (QED) is 0.674. The monoisotopic (exact) mass is 448 g/mol. The topological polar surface area (TPSA) is 92.3 Å². The highest BCUT2D eigenvalue weighted by Gasteiger charge is 2.52. The number of sulfone groups is 1. The third kappa shape index (κ3) is 4.37. The molecule has 0 spiro atoms. The highest BCUT2D eigenvalue weighted by molar-refractivity contribution is 7.93. The van der Waals surface area contributed by atoms with Gasteiger partial charge < -0.3 is 10.6 Å². The smallest absolute Gasteiger partial charge is 0.243 e. The van der Waals surface area contributed by atoms with Crippen LogP contribution in [0.1, 0.15) is 38.2 Å². The van der Waals surface area contributed by atoms with Crippen LogP contribution >= 0.6 is 11.6 Å². The first kappa shape index (κ1) is 22.3. The second-order valence-electron chi connectivity index (χ2n) is 7.40. The zero-order valence-electron chi connectivity index (χ0n) is 16.8. The third-order valence-electron chi connectivity index (χ3n) is 5.55. The normalized spacial score (nSPS) is 15.5. The van der Waals surface area contributed by atoms with E-state index in [9.17, 15) is 18.0 Å². The molecule has 0 aromatic heterocycles. The van der Waals surface area contributed by atoms with Crippen molar-refractivity contribution >= 4 is 38.9 Å². The molecule has 2 N–H and O–H groups in total. The maximum atomic E-state index is 13.3. The molecule has 2 aromatic carbocycles. The molecule has 160 valence electrons. The molecular formula is C22H25ClN2O4S. The van der Waals surface area contributed by atoms with Crippen molar-refractivity contribution in [3.63, 3.8) is 0 Å². The van der Waals surface area contributed by atoms with Crippen molar-refractivity contribution in [1.82, 2.24) is 5.32 Å². The fraction of sp³-hybridized carbons (Fsp3) is 0.364. The SMILES string of the molecule is CCc1ccccc1NC(=O)CNC(=O)C1(S(=O)(=O)c2ccc(Cl)cc2)CCCC1.